The average Bonchev–Trinajstić information content (AvgIpc) is 3.04. The molecular weight excluding hydrogens is 548 g/mol. The maximum Gasteiger partial charge on any atom is 0.344 e. The zero-order valence-corrected chi connectivity index (χ0v) is 23.2. The van der Waals surface area contributed by atoms with Gasteiger partial charge < -0.3 is 18.9 Å². The number of carbonyl (C=O) groups excluding carboxylic acids is 4. The number of rotatable bonds is 12. The van der Waals surface area contributed by atoms with Crippen molar-refractivity contribution in [2.45, 2.75) is 6.42 Å². The van der Waals surface area contributed by atoms with Crippen molar-refractivity contribution in [1.82, 2.24) is 0 Å². The molecule has 8 nitrogen and oxygen atoms in total. The van der Waals surface area contributed by atoms with Gasteiger partial charge in [0.05, 0.1) is 22.3 Å². The largest absolute Gasteiger partial charge is 0.458 e. The van der Waals surface area contributed by atoms with Crippen molar-refractivity contribution in [2.24, 2.45) is 0 Å². The lowest BCUT2D eigenvalue weighted by atomic mass is 10.0. The van der Waals surface area contributed by atoms with Gasteiger partial charge in [0.25, 0.3) is 0 Å². The van der Waals surface area contributed by atoms with Crippen LogP contribution in [-0.2, 0) is 15.9 Å². The lowest BCUT2D eigenvalue weighted by Crippen LogP contribution is -2.16. The highest BCUT2D eigenvalue weighted by Crippen LogP contribution is 2.21. The van der Waals surface area contributed by atoms with E-state index in [1.807, 2.05) is 24.3 Å². The van der Waals surface area contributed by atoms with Crippen molar-refractivity contribution >= 4 is 23.9 Å². The molecule has 8 heteroatoms. The third kappa shape index (κ3) is 8.14. The molecule has 0 fully saturated rings. The Morgan fingerprint density at radius 2 is 0.814 bits per heavy atom. The molecule has 0 heterocycles. The van der Waals surface area contributed by atoms with Gasteiger partial charge in [-0.2, -0.15) is 0 Å². The molecule has 0 unspecified atom stereocenters. The smallest absolute Gasteiger partial charge is 0.344 e. The summed E-state index contributed by atoms with van der Waals surface area (Å²) in [5, 5.41) is 0. The second kappa shape index (κ2) is 14.7. The van der Waals surface area contributed by atoms with Crippen LogP contribution in [0.1, 0.15) is 52.6 Å². The summed E-state index contributed by atoms with van der Waals surface area (Å²) >= 11 is 0. The van der Waals surface area contributed by atoms with Gasteiger partial charge in [-0.1, -0.05) is 73.8 Å². The minimum Gasteiger partial charge on any atom is -0.458 e. The summed E-state index contributed by atoms with van der Waals surface area (Å²) < 4.78 is 21.1. The van der Waals surface area contributed by atoms with Gasteiger partial charge in [0.2, 0.25) is 0 Å². The molecule has 43 heavy (non-hydrogen) atoms. The van der Waals surface area contributed by atoms with Crippen LogP contribution in [0, 0.1) is 0 Å². The SMILES string of the molecule is C=CCOC(=O)c1ccccc1C(=O)Oc1ccc(Cc2ccc(OC(=O)c3ccccc3C(=O)OCC=C)cc2)cc1. The van der Waals surface area contributed by atoms with E-state index in [1.54, 1.807) is 48.5 Å². The van der Waals surface area contributed by atoms with Crippen molar-refractivity contribution in [2.75, 3.05) is 13.2 Å². The van der Waals surface area contributed by atoms with Crippen molar-refractivity contribution < 1.29 is 38.1 Å². The van der Waals surface area contributed by atoms with Crippen LogP contribution >= 0.6 is 0 Å². The summed E-state index contributed by atoms with van der Waals surface area (Å²) in [6.07, 6.45) is 3.45. The summed E-state index contributed by atoms with van der Waals surface area (Å²) in [5.41, 5.74) is 2.30. The Balaban J connectivity index is 1.36. The lowest BCUT2D eigenvalue weighted by molar-refractivity contribution is 0.0534. The van der Waals surface area contributed by atoms with Gasteiger partial charge in [-0.15, -0.1) is 0 Å². The fraction of sp³-hybridized carbons (Fsp3) is 0.0857. The number of esters is 4. The molecule has 0 aliphatic rings. The van der Waals surface area contributed by atoms with Crippen LogP contribution in [0.5, 0.6) is 11.5 Å². The van der Waals surface area contributed by atoms with Gasteiger partial charge in [0.1, 0.15) is 24.7 Å². The Kier molecular flexibility index (Phi) is 10.4. The van der Waals surface area contributed by atoms with Gasteiger partial charge in [0, 0.05) is 0 Å². The lowest BCUT2D eigenvalue weighted by Gasteiger charge is -2.10. The fourth-order valence-electron chi connectivity index (χ4n) is 4.01. The standard InChI is InChI=1S/C35H28O8/c1-3-21-40-32(36)28-9-5-7-11-30(28)34(38)42-26-17-13-24(14-18-26)23-25-15-19-27(20-16-25)43-35(39)31-12-8-6-10-29(31)33(37)41-22-4-2/h3-20H,1-2,21-23H2. The maximum absolute atomic E-state index is 12.8. The molecule has 0 spiro atoms. The highest BCUT2D eigenvalue weighted by molar-refractivity contribution is 6.04. The topological polar surface area (TPSA) is 105 Å². The third-order valence-electron chi connectivity index (χ3n) is 6.07. The van der Waals surface area contributed by atoms with Crippen LogP contribution in [0.4, 0.5) is 0 Å². The van der Waals surface area contributed by atoms with Gasteiger partial charge in [0.15, 0.2) is 0 Å². The van der Waals surface area contributed by atoms with E-state index in [1.165, 1.54) is 36.4 Å². The summed E-state index contributed by atoms with van der Waals surface area (Å²) in [6.45, 7) is 7.08. The molecule has 4 aromatic rings. The van der Waals surface area contributed by atoms with E-state index in [0.29, 0.717) is 17.9 Å². The van der Waals surface area contributed by atoms with E-state index in [-0.39, 0.29) is 35.5 Å². The van der Waals surface area contributed by atoms with Gasteiger partial charge >= 0.3 is 23.9 Å². The molecule has 0 aromatic heterocycles. The number of carbonyl (C=O) groups is 4. The van der Waals surface area contributed by atoms with E-state index in [4.69, 9.17) is 18.9 Å². The molecule has 0 N–H and O–H groups in total. The molecule has 0 saturated carbocycles. The van der Waals surface area contributed by atoms with E-state index < -0.39 is 23.9 Å². The number of hydrogen-bond acceptors (Lipinski definition) is 8. The van der Waals surface area contributed by atoms with E-state index in [2.05, 4.69) is 13.2 Å². The number of benzene rings is 4. The number of hydrogen-bond donors (Lipinski definition) is 0. The quantitative estimate of drug-likeness (QED) is 0.108. The molecule has 0 saturated heterocycles. The minimum absolute atomic E-state index is 0.0286. The molecule has 0 amide bonds. The van der Waals surface area contributed by atoms with Crippen LogP contribution in [0.25, 0.3) is 0 Å². The molecular formula is C35H28O8. The van der Waals surface area contributed by atoms with Crippen molar-refractivity contribution in [3.8, 4) is 11.5 Å². The van der Waals surface area contributed by atoms with Crippen LogP contribution < -0.4 is 9.47 Å². The fourth-order valence-corrected chi connectivity index (χ4v) is 4.01. The van der Waals surface area contributed by atoms with Gasteiger partial charge in [-0.25, -0.2) is 19.2 Å². The zero-order valence-electron chi connectivity index (χ0n) is 23.2. The maximum atomic E-state index is 12.8. The minimum atomic E-state index is -0.680. The van der Waals surface area contributed by atoms with Crippen LogP contribution in [0.15, 0.2) is 122 Å². The Morgan fingerprint density at radius 3 is 1.14 bits per heavy atom. The zero-order chi connectivity index (χ0) is 30.6. The first-order valence-electron chi connectivity index (χ1n) is 13.3. The molecule has 4 aromatic carbocycles. The predicted octanol–water partition coefficient (Wildman–Crippen LogP) is 6.40. The molecule has 216 valence electrons. The normalized spacial score (nSPS) is 10.2. The average molecular weight is 577 g/mol. The molecule has 0 bridgehead atoms. The van der Waals surface area contributed by atoms with Crippen LogP contribution in [0.2, 0.25) is 0 Å². The summed E-state index contributed by atoms with van der Waals surface area (Å²) in [6, 6.07) is 26.5. The Labute approximate surface area is 248 Å². The summed E-state index contributed by atoms with van der Waals surface area (Å²) in [7, 11) is 0. The predicted molar refractivity (Wildman–Crippen MR) is 159 cm³/mol. The van der Waals surface area contributed by atoms with E-state index in [0.717, 1.165) is 11.1 Å². The molecule has 0 atom stereocenters. The second-order valence-corrected chi connectivity index (χ2v) is 9.11. The van der Waals surface area contributed by atoms with Crippen molar-refractivity contribution in [3.05, 3.63) is 156 Å². The first-order chi connectivity index (χ1) is 20.9. The van der Waals surface area contributed by atoms with E-state index in [9.17, 15) is 19.2 Å². The highest BCUT2D eigenvalue weighted by Gasteiger charge is 2.20. The Hall–Kier alpha value is -5.76. The molecule has 4 rings (SSSR count). The second-order valence-electron chi connectivity index (χ2n) is 9.11. The van der Waals surface area contributed by atoms with Crippen molar-refractivity contribution in [3.63, 3.8) is 0 Å². The Bertz CT molecular complexity index is 1510. The molecule has 0 aliphatic carbocycles. The first kappa shape index (κ1) is 30.2. The first-order valence-corrected chi connectivity index (χ1v) is 13.3. The van der Waals surface area contributed by atoms with E-state index >= 15 is 0 Å². The molecule has 0 radical (unpaired) electrons. The summed E-state index contributed by atoms with van der Waals surface area (Å²) in [4.78, 5) is 50.1. The van der Waals surface area contributed by atoms with Crippen LogP contribution in [0.3, 0.4) is 0 Å². The van der Waals surface area contributed by atoms with Crippen LogP contribution in [-0.4, -0.2) is 37.1 Å². The number of ether oxygens (including phenoxy) is 4. The highest BCUT2D eigenvalue weighted by atomic mass is 16.5. The van der Waals surface area contributed by atoms with Crippen molar-refractivity contribution in [1.29, 1.82) is 0 Å². The monoisotopic (exact) mass is 576 g/mol. The molecule has 0 aliphatic heterocycles. The van der Waals surface area contributed by atoms with Gasteiger partial charge in [-0.05, 0) is 66.1 Å². The van der Waals surface area contributed by atoms with Gasteiger partial charge in [-0.3, -0.25) is 0 Å². The summed E-state index contributed by atoms with van der Waals surface area (Å²) in [5.74, 6) is -2.01. The Morgan fingerprint density at radius 1 is 0.488 bits per heavy atom. The third-order valence-corrected chi connectivity index (χ3v) is 6.07.